The number of fused-ring (bicyclic) bond motifs is 1. The van der Waals surface area contributed by atoms with Crippen LogP contribution in [-0.2, 0) is 4.79 Å². The summed E-state index contributed by atoms with van der Waals surface area (Å²) in [4.78, 5) is 20.4. The van der Waals surface area contributed by atoms with Gasteiger partial charge in [0, 0.05) is 29.1 Å². The average molecular weight is 438 g/mol. The number of ether oxygens (including phenoxy) is 2. The molecule has 7 nitrogen and oxygen atoms in total. The van der Waals surface area contributed by atoms with Crippen molar-refractivity contribution in [3.63, 3.8) is 0 Å². The summed E-state index contributed by atoms with van der Waals surface area (Å²) in [6.45, 7) is 0. The maximum absolute atomic E-state index is 13.1. The lowest BCUT2D eigenvalue weighted by atomic mass is 9.99. The first-order valence-corrected chi connectivity index (χ1v) is 10.4. The van der Waals surface area contributed by atoms with E-state index < -0.39 is 0 Å². The van der Waals surface area contributed by atoms with E-state index >= 15 is 0 Å². The van der Waals surface area contributed by atoms with Crippen molar-refractivity contribution in [2.45, 2.75) is 0 Å². The van der Waals surface area contributed by atoms with Crippen molar-refractivity contribution in [2.75, 3.05) is 24.9 Å². The Hall–Kier alpha value is -4.52. The van der Waals surface area contributed by atoms with Crippen molar-refractivity contribution in [1.29, 1.82) is 0 Å². The number of amides is 1. The Morgan fingerprint density at radius 2 is 1.67 bits per heavy atom. The van der Waals surface area contributed by atoms with Gasteiger partial charge in [0.25, 0.3) is 5.91 Å². The Morgan fingerprint density at radius 3 is 2.33 bits per heavy atom. The minimum atomic E-state index is -0.195. The molecule has 0 radical (unpaired) electrons. The second-order valence-corrected chi connectivity index (χ2v) is 7.48. The van der Waals surface area contributed by atoms with Gasteiger partial charge in [-0.05, 0) is 23.8 Å². The number of nitrogens with one attached hydrogen (secondary N) is 3. The maximum Gasteiger partial charge on any atom is 0.258 e. The summed E-state index contributed by atoms with van der Waals surface area (Å²) in [6, 6.07) is 21.3. The monoisotopic (exact) mass is 438 g/mol. The first kappa shape index (κ1) is 20.4. The van der Waals surface area contributed by atoms with Gasteiger partial charge in [-0.2, -0.15) is 0 Å². The molecular formula is C26H22N4O3. The summed E-state index contributed by atoms with van der Waals surface area (Å²) in [5.74, 6) is 0.918. The van der Waals surface area contributed by atoms with E-state index in [4.69, 9.17) is 9.47 Å². The van der Waals surface area contributed by atoms with Gasteiger partial charge in [-0.1, -0.05) is 42.5 Å². The lowest BCUT2D eigenvalue weighted by Gasteiger charge is -2.16. The third-order valence-electron chi connectivity index (χ3n) is 5.53. The minimum Gasteiger partial charge on any atom is -0.493 e. The Balaban J connectivity index is 1.62. The lowest BCUT2D eigenvalue weighted by molar-refractivity contribution is -0.110. The van der Waals surface area contributed by atoms with Crippen molar-refractivity contribution in [3.8, 4) is 22.8 Å². The van der Waals surface area contributed by atoms with E-state index in [1.165, 1.54) is 0 Å². The molecule has 1 aromatic heterocycles. The molecule has 0 saturated heterocycles. The fourth-order valence-corrected chi connectivity index (χ4v) is 3.92. The molecule has 1 aliphatic heterocycles. The smallest absolute Gasteiger partial charge is 0.258 e. The molecule has 0 unspecified atom stereocenters. The molecule has 0 atom stereocenters. The van der Waals surface area contributed by atoms with Crippen LogP contribution in [0.25, 0.3) is 22.5 Å². The van der Waals surface area contributed by atoms with Gasteiger partial charge in [0.1, 0.15) is 0 Å². The van der Waals surface area contributed by atoms with E-state index in [9.17, 15) is 4.79 Å². The first-order chi connectivity index (χ1) is 16.2. The van der Waals surface area contributed by atoms with Gasteiger partial charge in [0.15, 0.2) is 11.5 Å². The molecule has 0 aliphatic carbocycles. The van der Waals surface area contributed by atoms with Crippen LogP contribution in [0.15, 0.2) is 79.3 Å². The highest BCUT2D eigenvalue weighted by Crippen LogP contribution is 2.43. The zero-order valence-electron chi connectivity index (χ0n) is 18.2. The lowest BCUT2D eigenvalue weighted by Crippen LogP contribution is -2.10. The van der Waals surface area contributed by atoms with Gasteiger partial charge in [0.2, 0.25) is 0 Å². The van der Waals surface area contributed by atoms with E-state index in [-0.39, 0.29) is 5.91 Å². The van der Waals surface area contributed by atoms with Crippen LogP contribution in [0.1, 0.15) is 11.1 Å². The Labute approximate surface area is 191 Å². The van der Waals surface area contributed by atoms with Crippen LogP contribution in [0, 0.1) is 0 Å². The minimum absolute atomic E-state index is 0.195. The summed E-state index contributed by atoms with van der Waals surface area (Å²) >= 11 is 0. The van der Waals surface area contributed by atoms with Gasteiger partial charge in [-0.15, -0.1) is 0 Å². The third kappa shape index (κ3) is 3.80. The number of carbonyl (C=O) groups is 1. The highest BCUT2D eigenvalue weighted by molar-refractivity contribution is 6.37. The molecule has 0 bridgehead atoms. The molecule has 0 fully saturated rings. The molecule has 33 heavy (non-hydrogen) atoms. The number of nitrogens with zero attached hydrogens (tertiary/aromatic N) is 1. The van der Waals surface area contributed by atoms with E-state index in [0.717, 1.165) is 28.1 Å². The number of benzene rings is 3. The molecule has 0 saturated carbocycles. The molecule has 4 aromatic rings. The number of anilines is 2. The first-order valence-electron chi connectivity index (χ1n) is 10.4. The van der Waals surface area contributed by atoms with E-state index in [2.05, 4.69) is 20.6 Å². The van der Waals surface area contributed by atoms with Crippen LogP contribution in [0.5, 0.6) is 11.5 Å². The molecule has 164 valence electrons. The standard InChI is InChI=1S/C26H22N4O3/c1-32-22-12-19-20(13-23(22)33-2)30-26(31)24(19)25(17-6-4-3-5-7-17)29-18-10-8-16(9-11-18)21-14-27-15-28-21/h3-15,29H,1-2H3,(H,27,28)(H,30,31). The van der Waals surface area contributed by atoms with Gasteiger partial charge in [-0.3, -0.25) is 4.79 Å². The Kier molecular flexibility index (Phi) is 5.28. The summed E-state index contributed by atoms with van der Waals surface area (Å²) in [5, 5.41) is 6.42. The number of aromatic nitrogens is 2. The molecule has 1 amide bonds. The van der Waals surface area contributed by atoms with Crippen molar-refractivity contribution < 1.29 is 14.3 Å². The van der Waals surface area contributed by atoms with Crippen molar-refractivity contribution in [1.82, 2.24) is 9.97 Å². The van der Waals surface area contributed by atoms with Gasteiger partial charge >= 0.3 is 0 Å². The highest BCUT2D eigenvalue weighted by Gasteiger charge is 2.30. The third-order valence-corrected chi connectivity index (χ3v) is 5.53. The van der Waals surface area contributed by atoms with Crippen LogP contribution in [0.2, 0.25) is 0 Å². The Bertz CT molecular complexity index is 1330. The zero-order valence-corrected chi connectivity index (χ0v) is 18.2. The largest absolute Gasteiger partial charge is 0.493 e. The molecule has 3 N–H and O–H groups in total. The molecule has 1 aliphatic rings. The van der Waals surface area contributed by atoms with E-state index in [1.54, 1.807) is 26.6 Å². The highest BCUT2D eigenvalue weighted by atomic mass is 16.5. The quantitative estimate of drug-likeness (QED) is 0.368. The van der Waals surface area contributed by atoms with Crippen molar-refractivity contribution >= 4 is 28.6 Å². The number of hydrogen-bond acceptors (Lipinski definition) is 5. The van der Waals surface area contributed by atoms with Crippen LogP contribution in [0.3, 0.4) is 0 Å². The molecule has 7 heteroatoms. The normalized spacial score (nSPS) is 13.8. The van der Waals surface area contributed by atoms with Gasteiger partial charge in [0.05, 0.1) is 43.2 Å². The number of H-pyrrole nitrogens is 1. The van der Waals surface area contributed by atoms with Gasteiger partial charge in [-0.25, -0.2) is 4.98 Å². The molecule has 5 rings (SSSR count). The number of rotatable bonds is 6. The average Bonchev–Trinajstić information content (AvgIpc) is 3.50. The fraction of sp³-hybridized carbons (Fsp3) is 0.0769. The molecule has 3 aromatic carbocycles. The Morgan fingerprint density at radius 1 is 0.939 bits per heavy atom. The number of hydrogen-bond donors (Lipinski definition) is 3. The van der Waals surface area contributed by atoms with Crippen LogP contribution in [-0.4, -0.2) is 30.1 Å². The van der Waals surface area contributed by atoms with Gasteiger partial charge < -0.3 is 25.1 Å². The predicted molar refractivity (Wildman–Crippen MR) is 129 cm³/mol. The second kappa shape index (κ2) is 8.55. The van der Waals surface area contributed by atoms with Crippen LogP contribution >= 0.6 is 0 Å². The summed E-state index contributed by atoms with van der Waals surface area (Å²) in [5.41, 5.74) is 6.27. The van der Waals surface area contributed by atoms with Crippen molar-refractivity contribution in [2.24, 2.45) is 0 Å². The summed E-state index contributed by atoms with van der Waals surface area (Å²) in [6.07, 6.45) is 3.50. The predicted octanol–water partition coefficient (Wildman–Crippen LogP) is 5.03. The van der Waals surface area contributed by atoms with Crippen LogP contribution in [0.4, 0.5) is 11.4 Å². The van der Waals surface area contributed by atoms with Crippen molar-refractivity contribution in [3.05, 3.63) is 90.4 Å². The topological polar surface area (TPSA) is 88.3 Å². The molecular weight excluding hydrogens is 416 g/mol. The van der Waals surface area contributed by atoms with E-state index in [0.29, 0.717) is 28.5 Å². The second-order valence-electron chi connectivity index (χ2n) is 7.48. The summed E-state index contributed by atoms with van der Waals surface area (Å²) < 4.78 is 10.9. The molecule has 0 spiro atoms. The van der Waals surface area contributed by atoms with Crippen LogP contribution < -0.4 is 20.1 Å². The number of imidazole rings is 1. The number of methoxy groups -OCH3 is 2. The maximum atomic E-state index is 13.1. The molecule has 2 heterocycles. The number of aromatic amines is 1. The zero-order chi connectivity index (χ0) is 22.8. The van der Waals surface area contributed by atoms with E-state index in [1.807, 2.05) is 66.9 Å². The number of carbonyl (C=O) groups excluding carboxylic acids is 1. The SMILES string of the molecule is COc1cc2c(cc1OC)C(=C(Nc1ccc(-c3c[nH]cn3)cc1)c1ccccc1)C(=O)N2. The fourth-order valence-electron chi connectivity index (χ4n) is 3.92. The summed E-state index contributed by atoms with van der Waals surface area (Å²) in [7, 11) is 3.15.